The van der Waals surface area contributed by atoms with Gasteiger partial charge < -0.3 is 14.7 Å². The maximum atomic E-state index is 13.1. The van der Waals surface area contributed by atoms with Crippen molar-refractivity contribution in [1.82, 2.24) is 24.8 Å². The van der Waals surface area contributed by atoms with Crippen LogP contribution in [0.25, 0.3) is 22.0 Å². The Balaban J connectivity index is 1.34. The van der Waals surface area contributed by atoms with Crippen molar-refractivity contribution >= 4 is 28.3 Å². The van der Waals surface area contributed by atoms with Crippen LogP contribution in [0.1, 0.15) is 16.2 Å². The van der Waals surface area contributed by atoms with Gasteiger partial charge in [-0.05, 0) is 42.9 Å². The van der Waals surface area contributed by atoms with Crippen LogP contribution in [0.2, 0.25) is 0 Å². The minimum atomic E-state index is -0.0123. The van der Waals surface area contributed by atoms with Crippen LogP contribution in [0.5, 0.6) is 0 Å². The number of nitrogens with zero attached hydrogens (tertiary/aromatic N) is 7. The second-order valence-corrected chi connectivity index (χ2v) is 9.15. The monoisotopic (exact) mass is 467 g/mol. The molecule has 8 nitrogen and oxygen atoms in total. The molecule has 1 aromatic carbocycles. The van der Waals surface area contributed by atoms with Gasteiger partial charge in [-0.15, -0.1) is 0 Å². The summed E-state index contributed by atoms with van der Waals surface area (Å²) < 4.78 is 0. The molecule has 1 fully saturated rings. The van der Waals surface area contributed by atoms with E-state index < -0.39 is 0 Å². The van der Waals surface area contributed by atoms with Gasteiger partial charge in [0.2, 0.25) is 0 Å². The van der Waals surface area contributed by atoms with Gasteiger partial charge in [0.25, 0.3) is 0 Å². The van der Waals surface area contributed by atoms with Gasteiger partial charge in [-0.25, -0.2) is 19.9 Å². The molecule has 0 bridgehead atoms. The number of benzene rings is 1. The Morgan fingerprint density at radius 2 is 1.71 bits per heavy atom. The van der Waals surface area contributed by atoms with Crippen molar-refractivity contribution in [3.8, 4) is 11.1 Å². The average molecular weight is 468 g/mol. The summed E-state index contributed by atoms with van der Waals surface area (Å²) in [4.78, 5) is 37.7. The fourth-order valence-corrected chi connectivity index (χ4v) is 4.19. The Morgan fingerprint density at radius 3 is 2.46 bits per heavy atom. The SMILES string of the molecule is CN1CCN(c2cc(C(=O)Cc3ncc4ccc(-c5ccc(N(C)C)nc5)cc4n3)ccn2)CC1. The van der Waals surface area contributed by atoms with Crippen molar-refractivity contribution in [3.05, 3.63) is 72.4 Å². The molecule has 5 rings (SSSR count). The average Bonchev–Trinajstić information content (AvgIpc) is 2.89. The highest BCUT2D eigenvalue weighted by molar-refractivity contribution is 5.98. The zero-order valence-electron chi connectivity index (χ0n) is 20.3. The molecule has 8 heteroatoms. The molecule has 3 aromatic heterocycles. The molecule has 1 aliphatic rings. The summed E-state index contributed by atoms with van der Waals surface area (Å²) >= 11 is 0. The van der Waals surface area contributed by atoms with Gasteiger partial charge in [0.05, 0.1) is 11.9 Å². The fourth-order valence-electron chi connectivity index (χ4n) is 4.19. The van der Waals surface area contributed by atoms with Crippen molar-refractivity contribution in [1.29, 1.82) is 0 Å². The van der Waals surface area contributed by atoms with E-state index in [0.717, 1.165) is 59.8 Å². The minimum Gasteiger partial charge on any atom is -0.363 e. The van der Waals surface area contributed by atoms with Crippen LogP contribution < -0.4 is 9.80 Å². The van der Waals surface area contributed by atoms with Crippen molar-refractivity contribution < 1.29 is 4.79 Å². The van der Waals surface area contributed by atoms with Crippen LogP contribution in [0.4, 0.5) is 11.6 Å². The molecule has 1 aliphatic heterocycles. The molecule has 1 saturated heterocycles. The molecule has 0 aliphatic carbocycles. The molecular formula is C27H29N7O. The number of likely N-dealkylation sites (N-methyl/N-ethyl adjacent to an activating group) is 1. The lowest BCUT2D eigenvalue weighted by Gasteiger charge is -2.33. The summed E-state index contributed by atoms with van der Waals surface area (Å²) in [7, 11) is 6.06. The lowest BCUT2D eigenvalue weighted by molar-refractivity contribution is 0.0991. The molecule has 0 amide bonds. The summed E-state index contributed by atoms with van der Waals surface area (Å²) in [6.45, 7) is 3.79. The normalized spacial score (nSPS) is 14.3. The largest absolute Gasteiger partial charge is 0.363 e. The van der Waals surface area contributed by atoms with E-state index in [4.69, 9.17) is 4.98 Å². The first-order chi connectivity index (χ1) is 17.0. The molecule has 4 aromatic rings. The summed E-state index contributed by atoms with van der Waals surface area (Å²) in [6, 6.07) is 13.8. The smallest absolute Gasteiger partial charge is 0.170 e. The molecule has 0 spiro atoms. The van der Waals surface area contributed by atoms with Crippen LogP contribution in [0.3, 0.4) is 0 Å². The predicted octanol–water partition coefficient (Wildman–Crippen LogP) is 3.33. The maximum absolute atomic E-state index is 13.1. The number of hydrogen-bond donors (Lipinski definition) is 0. The summed E-state index contributed by atoms with van der Waals surface area (Å²) in [5.41, 5.74) is 3.49. The van der Waals surface area contributed by atoms with Gasteiger partial charge in [-0.1, -0.05) is 12.1 Å². The lowest BCUT2D eigenvalue weighted by Crippen LogP contribution is -2.44. The molecule has 0 unspecified atom stereocenters. The quantitative estimate of drug-likeness (QED) is 0.400. The Labute approximate surface area is 205 Å². The lowest BCUT2D eigenvalue weighted by atomic mass is 10.1. The van der Waals surface area contributed by atoms with E-state index in [1.165, 1.54) is 0 Å². The van der Waals surface area contributed by atoms with Gasteiger partial charge in [-0.2, -0.15) is 0 Å². The highest BCUT2D eigenvalue weighted by Crippen LogP contribution is 2.24. The zero-order valence-corrected chi connectivity index (χ0v) is 20.3. The van der Waals surface area contributed by atoms with Crippen LogP contribution >= 0.6 is 0 Å². The summed E-state index contributed by atoms with van der Waals surface area (Å²) in [6.07, 6.45) is 5.50. The van der Waals surface area contributed by atoms with E-state index in [-0.39, 0.29) is 12.2 Å². The number of aromatic nitrogens is 4. The van der Waals surface area contributed by atoms with Crippen LogP contribution in [-0.4, -0.2) is 77.9 Å². The van der Waals surface area contributed by atoms with Crippen LogP contribution in [0, 0.1) is 0 Å². The van der Waals surface area contributed by atoms with Gasteiger partial charge in [0.1, 0.15) is 17.5 Å². The number of hydrogen-bond acceptors (Lipinski definition) is 8. The number of Topliss-reactive ketones (excluding diaryl/α,β-unsaturated/α-hetero) is 1. The minimum absolute atomic E-state index is 0.0123. The highest BCUT2D eigenvalue weighted by atomic mass is 16.1. The first kappa shape index (κ1) is 22.9. The van der Waals surface area contributed by atoms with E-state index in [1.54, 1.807) is 18.5 Å². The number of pyridine rings is 2. The molecule has 0 N–H and O–H groups in total. The third-order valence-electron chi connectivity index (χ3n) is 6.39. The predicted molar refractivity (Wildman–Crippen MR) is 139 cm³/mol. The van der Waals surface area contributed by atoms with E-state index in [9.17, 15) is 4.79 Å². The molecule has 35 heavy (non-hydrogen) atoms. The highest BCUT2D eigenvalue weighted by Gasteiger charge is 2.17. The van der Waals surface area contributed by atoms with Gasteiger partial charge in [0.15, 0.2) is 5.78 Å². The standard InChI is InChI=1S/C27H29N7O/c1-32(2)26-7-6-21(17-30-26)19-4-5-22-18-29-25(31-23(22)14-19)16-24(35)20-8-9-28-27(15-20)34-12-10-33(3)11-13-34/h4-9,14-15,17-18H,10-13,16H2,1-3H3. The third kappa shape index (κ3) is 5.12. The summed E-state index contributed by atoms with van der Waals surface area (Å²) in [5, 5.41) is 0.934. The number of ketones is 1. The van der Waals surface area contributed by atoms with E-state index >= 15 is 0 Å². The van der Waals surface area contributed by atoms with E-state index in [0.29, 0.717) is 11.4 Å². The first-order valence-electron chi connectivity index (χ1n) is 11.8. The molecule has 0 saturated carbocycles. The Hall–Kier alpha value is -3.91. The van der Waals surface area contributed by atoms with Crippen molar-refractivity contribution in [2.45, 2.75) is 6.42 Å². The van der Waals surface area contributed by atoms with Crippen molar-refractivity contribution in [2.24, 2.45) is 0 Å². The number of fused-ring (bicyclic) bond motifs is 1. The van der Waals surface area contributed by atoms with E-state index in [1.807, 2.05) is 55.5 Å². The van der Waals surface area contributed by atoms with Crippen molar-refractivity contribution in [3.63, 3.8) is 0 Å². The Morgan fingerprint density at radius 1 is 0.914 bits per heavy atom. The Bertz CT molecular complexity index is 1350. The first-order valence-corrected chi connectivity index (χ1v) is 11.8. The number of carbonyl (C=O) groups excluding carboxylic acids is 1. The van der Waals surface area contributed by atoms with Crippen LogP contribution in [-0.2, 0) is 6.42 Å². The second-order valence-electron chi connectivity index (χ2n) is 9.15. The Kier molecular flexibility index (Phi) is 6.37. The zero-order chi connectivity index (χ0) is 24.4. The van der Waals surface area contributed by atoms with Gasteiger partial charge in [0, 0.05) is 75.4 Å². The molecule has 0 atom stereocenters. The van der Waals surface area contributed by atoms with Crippen LogP contribution in [0.15, 0.2) is 61.1 Å². The molecular weight excluding hydrogens is 438 g/mol. The maximum Gasteiger partial charge on any atom is 0.170 e. The van der Waals surface area contributed by atoms with Gasteiger partial charge >= 0.3 is 0 Å². The van der Waals surface area contributed by atoms with Gasteiger partial charge in [-0.3, -0.25) is 4.79 Å². The molecule has 0 radical (unpaired) electrons. The summed E-state index contributed by atoms with van der Waals surface area (Å²) in [5.74, 6) is 2.26. The fraction of sp³-hybridized carbons (Fsp3) is 0.296. The third-order valence-corrected chi connectivity index (χ3v) is 6.39. The number of carbonyl (C=O) groups is 1. The topological polar surface area (TPSA) is 78.4 Å². The number of rotatable bonds is 6. The molecule has 178 valence electrons. The number of anilines is 2. The number of piperazine rings is 1. The van der Waals surface area contributed by atoms with Crippen molar-refractivity contribution in [2.75, 3.05) is 57.1 Å². The second kappa shape index (κ2) is 9.76. The molecule has 4 heterocycles. The van der Waals surface area contributed by atoms with E-state index in [2.05, 4.69) is 37.9 Å².